The van der Waals surface area contributed by atoms with Crippen molar-refractivity contribution in [2.24, 2.45) is 30.7 Å². The molecule has 1 aromatic heterocycles. The molecule has 0 aromatic carbocycles. The van der Waals surface area contributed by atoms with Crippen molar-refractivity contribution < 1.29 is 0 Å². The van der Waals surface area contributed by atoms with E-state index in [4.69, 9.17) is 0 Å². The van der Waals surface area contributed by atoms with Crippen molar-refractivity contribution in [2.45, 2.75) is 52.9 Å². The summed E-state index contributed by atoms with van der Waals surface area (Å²) in [6, 6.07) is 0. The molecule has 1 aromatic rings. The van der Waals surface area contributed by atoms with Crippen molar-refractivity contribution in [3.8, 4) is 0 Å². The van der Waals surface area contributed by atoms with E-state index in [1.54, 1.807) is 0 Å². The third-order valence-corrected chi connectivity index (χ3v) is 5.32. The molecular weight excluding hydrogens is 258 g/mol. The maximum atomic E-state index is 4.55. The van der Waals surface area contributed by atoms with Crippen LogP contribution < -0.4 is 5.32 Å². The largest absolute Gasteiger partial charge is 0.338 e. The number of hydrogen-bond donors (Lipinski definition) is 1. The van der Waals surface area contributed by atoms with Crippen LogP contribution in [0, 0.1) is 23.7 Å². The van der Waals surface area contributed by atoms with E-state index in [2.05, 4.69) is 48.9 Å². The van der Waals surface area contributed by atoms with Crippen LogP contribution in [0.15, 0.2) is 12.4 Å². The second-order valence-electron chi connectivity index (χ2n) is 7.20. The van der Waals surface area contributed by atoms with Gasteiger partial charge in [0.15, 0.2) is 0 Å². The predicted octanol–water partition coefficient (Wildman–Crippen LogP) is 3.65. The lowest BCUT2D eigenvalue weighted by Crippen LogP contribution is -2.36. The minimum Gasteiger partial charge on any atom is -0.338 e. The average Bonchev–Trinajstić information content (AvgIpc) is 2.86. The maximum Gasteiger partial charge on any atom is 0.108 e. The molecule has 1 saturated carbocycles. The monoisotopic (exact) mass is 291 g/mol. The Morgan fingerprint density at radius 3 is 2.76 bits per heavy atom. The first-order valence-electron chi connectivity index (χ1n) is 8.78. The van der Waals surface area contributed by atoms with Crippen molar-refractivity contribution in [1.29, 1.82) is 0 Å². The Kier molecular flexibility index (Phi) is 6.28. The number of nitrogens with zero attached hydrogens (tertiary/aromatic N) is 2. The summed E-state index contributed by atoms with van der Waals surface area (Å²) in [4.78, 5) is 4.55. The van der Waals surface area contributed by atoms with Gasteiger partial charge in [-0.25, -0.2) is 4.98 Å². The van der Waals surface area contributed by atoms with Crippen molar-refractivity contribution >= 4 is 0 Å². The zero-order chi connectivity index (χ0) is 15.2. The Balaban J connectivity index is 1.99. The lowest BCUT2D eigenvalue weighted by molar-refractivity contribution is 0.142. The summed E-state index contributed by atoms with van der Waals surface area (Å²) in [5.74, 6) is 4.58. The fourth-order valence-electron chi connectivity index (χ4n) is 3.78. The quantitative estimate of drug-likeness (QED) is 0.777. The third kappa shape index (κ3) is 4.57. The molecule has 1 N–H and O–H groups in total. The molecule has 21 heavy (non-hydrogen) atoms. The molecule has 1 heterocycles. The maximum absolute atomic E-state index is 4.55. The van der Waals surface area contributed by atoms with E-state index >= 15 is 0 Å². The standard InChI is InChI=1S/C18H33N3/c1-5-8-19-13-16-7-6-15(14(2)3)11-17(16)12-18-20-9-10-21(18)4/h9-10,14-17,19H,5-8,11-13H2,1-4H3. The first kappa shape index (κ1) is 16.5. The zero-order valence-electron chi connectivity index (χ0n) is 14.3. The molecule has 0 radical (unpaired) electrons. The Labute approximate surface area is 130 Å². The number of hydrogen-bond acceptors (Lipinski definition) is 2. The average molecular weight is 291 g/mol. The molecule has 2 rings (SSSR count). The Bertz CT molecular complexity index is 410. The van der Waals surface area contributed by atoms with E-state index in [1.165, 1.54) is 38.1 Å². The van der Waals surface area contributed by atoms with Gasteiger partial charge in [0.1, 0.15) is 5.82 Å². The SMILES string of the molecule is CCCNCC1CCC(C(C)C)CC1Cc1nccn1C. The summed E-state index contributed by atoms with van der Waals surface area (Å²) in [6.45, 7) is 9.36. The highest BCUT2D eigenvalue weighted by Gasteiger charge is 2.32. The molecule has 3 unspecified atom stereocenters. The zero-order valence-corrected chi connectivity index (χ0v) is 14.3. The van der Waals surface area contributed by atoms with Gasteiger partial charge in [-0.3, -0.25) is 0 Å². The van der Waals surface area contributed by atoms with Crippen molar-refractivity contribution in [3.63, 3.8) is 0 Å². The fraction of sp³-hybridized carbons (Fsp3) is 0.833. The lowest BCUT2D eigenvalue weighted by atomic mass is 9.69. The van der Waals surface area contributed by atoms with Gasteiger partial charge in [0.2, 0.25) is 0 Å². The number of imidazole rings is 1. The first-order chi connectivity index (χ1) is 10.1. The minimum absolute atomic E-state index is 0.789. The fourth-order valence-corrected chi connectivity index (χ4v) is 3.78. The second-order valence-corrected chi connectivity index (χ2v) is 7.20. The van der Waals surface area contributed by atoms with E-state index in [9.17, 15) is 0 Å². The summed E-state index contributed by atoms with van der Waals surface area (Å²) in [5.41, 5.74) is 0. The summed E-state index contributed by atoms with van der Waals surface area (Å²) in [5, 5.41) is 3.65. The van der Waals surface area contributed by atoms with Gasteiger partial charge in [-0.05, 0) is 62.4 Å². The molecule has 120 valence electrons. The number of nitrogens with one attached hydrogen (secondary N) is 1. The normalized spacial score (nSPS) is 26.4. The number of aromatic nitrogens is 2. The second kappa shape index (κ2) is 7.98. The molecule has 0 saturated heterocycles. The van der Waals surface area contributed by atoms with E-state index in [-0.39, 0.29) is 0 Å². The Hall–Kier alpha value is -0.830. The smallest absolute Gasteiger partial charge is 0.108 e. The molecule has 0 spiro atoms. The Morgan fingerprint density at radius 2 is 2.14 bits per heavy atom. The summed E-state index contributed by atoms with van der Waals surface area (Å²) in [6.07, 6.45) is 10.5. The first-order valence-corrected chi connectivity index (χ1v) is 8.78. The van der Waals surface area contributed by atoms with Gasteiger partial charge in [0.05, 0.1) is 0 Å². The number of aryl methyl sites for hydroxylation is 1. The van der Waals surface area contributed by atoms with Crippen LogP contribution in [-0.2, 0) is 13.5 Å². The molecule has 3 atom stereocenters. The third-order valence-electron chi connectivity index (χ3n) is 5.32. The van der Waals surface area contributed by atoms with Gasteiger partial charge in [0.25, 0.3) is 0 Å². The van der Waals surface area contributed by atoms with Crippen molar-refractivity contribution in [2.75, 3.05) is 13.1 Å². The van der Waals surface area contributed by atoms with Crippen LogP contribution in [0.3, 0.4) is 0 Å². The van der Waals surface area contributed by atoms with Gasteiger partial charge < -0.3 is 9.88 Å². The topological polar surface area (TPSA) is 29.9 Å². The molecule has 0 aliphatic heterocycles. The van der Waals surface area contributed by atoms with Gasteiger partial charge in [-0.2, -0.15) is 0 Å². The van der Waals surface area contributed by atoms with Crippen LogP contribution in [0.4, 0.5) is 0 Å². The highest BCUT2D eigenvalue weighted by Crippen LogP contribution is 2.38. The molecule has 0 amide bonds. The summed E-state index contributed by atoms with van der Waals surface area (Å²) in [7, 11) is 2.12. The van der Waals surface area contributed by atoms with Crippen molar-refractivity contribution in [3.05, 3.63) is 18.2 Å². The van der Waals surface area contributed by atoms with Gasteiger partial charge >= 0.3 is 0 Å². The summed E-state index contributed by atoms with van der Waals surface area (Å²) < 4.78 is 2.19. The van der Waals surface area contributed by atoms with Crippen molar-refractivity contribution in [1.82, 2.24) is 14.9 Å². The molecule has 1 aliphatic rings. The van der Waals surface area contributed by atoms with E-state index in [0.717, 1.165) is 36.6 Å². The van der Waals surface area contributed by atoms with E-state index < -0.39 is 0 Å². The summed E-state index contributed by atoms with van der Waals surface area (Å²) >= 11 is 0. The van der Waals surface area contributed by atoms with Crippen LogP contribution in [0.25, 0.3) is 0 Å². The van der Waals surface area contributed by atoms with Crippen LogP contribution >= 0.6 is 0 Å². The van der Waals surface area contributed by atoms with Crippen LogP contribution in [0.1, 0.15) is 52.3 Å². The van der Waals surface area contributed by atoms with Crippen LogP contribution in [0.2, 0.25) is 0 Å². The predicted molar refractivity (Wildman–Crippen MR) is 89.2 cm³/mol. The molecule has 3 nitrogen and oxygen atoms in total. The van der Waals surface area contributed by atoms with Gasteiger partial charge in [-0.15, -0.1) is 0 Å². The van der Waals surface area contributed by atoms with Gasteiger partial charge in [0, 0.05) is 25.9 Å². The van der Waals surface area contributed by atoms with E-state index in [1.807, 2.05) is 6.20 Å². The Morgan fingerprint density at radius 1 is 1.33 bits per heavy atom. The lowest BCUT2D eigenvalue weighted by Gasteiger charge is -2.38. The molecular formula is C18H33N3. The highest BCUT2D eigenvalue weighted by molar-refractivity contribution is 4.96. The number of rotatable bonds is 7. The van der Waals surface area contributed by atoms with Crippen LogP contribution in [-0.4, -0.2) is 22.6 Å². The molecule has 1 aliphatic carbocycles. The van der Waals surface area contributed by atoms with E-state index in [0.29, 0.717) is 0 Å². The van der Waals surface area contributed by atoms with Crippen LogP contribution in [0.5, 0.6) is 0 Å². The van der Waals surface area contributed by atoms with Gasteiger partial charge in [-0.1, -0.05) is 20.8 Å². The molecule has 1 fully saturated rings. The highest BCUT2D eigenvalue weighted by atomic mass is 15.0. The molecule has 0 bridgehead atoms. The molecule has 3 heteroatoms. The minimum atomic E-state index is 0.789.